The van der Waals surface area contributed by atoms with Crippen LogP contribution in [-0.2, 0) is 29.5 Å². The van der Waals surface area contributed by atoms with Crippen molar-refractivity contribution in [3.05, 3.63) is 149 Å². The maximum Gasteiger partial charge on any atom is 0.410 e. The molecule has 4 aromatic carbocycles. The van der Waals surface area contributed by atoms with Gasteiger partial charge in [0.1, 0.15) is 11.2 Å². The van der Waals surface area contributed by atoms with E-state index in [1.165, 1.54) is 26.5 Å². The molecule has 428 valence electrons. The fourth-order valence-corrected chi connectivity index (χ4v) is 12.7. The van der Waals surface area contributed by atoms with Crippen molar-refractivity contribution in [2.45, 2.75) is 88.2 Å². The minimum absolute atomic E-state index is 0.0344. The molecule has 4 aromatic heterocycles. The lowest BCUT2D eigenvalue weighted by molar-refractivity contribution is 0.0162. The minimum atomic E-state index is -3.85. The lowest BCUT2D eigenvalue weighted by Crippen LogP contribution is -2.44. The second kappa shape index (κ2) is 25.5. The number of piperidine rings is 2. The molecule has 0 radical (unpaired) electrons. The third kappa shape index (κ3) is 14.8. The van der Waals surface area contributed by atoms with Gasteiger partial charge in [-0.1, -0.05) is 96.0 Å². The van der Waals surface area contributed by atoms with Gasteiger partial charge in [0.2, 0.25) is 11.2 Å². The number of para-hydroxylation sites is 2. The van der Waals surface area contributed by atoms with E-state index in [-0.39, 0.29) is 38.2 Å². The highest BCUT2D eigenvalue weighted by atomic mass is 35.5. The van der Waals surface area contributed by atoms with Crippen LogP contribution in [0, 0.1) is 11.8 Å². The number of halogens is 3. The third-order valence-electron chi connectivity index (χ3n) is 13.1. The Balaban J connectivity index is 0.000000179. The SMILES string of the molecule is CC(C)(C)OC(=O)N1CCCC(CN)C1.CC(C)(C)OC(=O)N1CCCC(CNc2ncc(Cl)c(-c3cn(S(=O)(=O)c4ccccc4)c4ccccc34)n2)C1.O=S(=O)(c1ccccc1)n1cc(-c2nc(Cl)ncc2Cl)c2ccccc21. The van der Waals surface area contributed by atoms with Gasteiger partial charge in [0.15, 0.2) is 0 Å². The van der Waals surface area contributed by atoms with Gasteiger partial charge in [-0.05, 0) is 134 Å². The van der Waals surface area contributed by atoms with E-state index in [0.717, 1.165) is 38.8 Å². The van der Waals surface area contributed by atoms with Crippen molar-refractivity contribution in [2.75, 3.05) is 44.6 Å². The van der Waals surface area contributed by atoms with Crippen molar-refractivity contribution in [3.63, 3.8) is 0 Å². The number of rotatable bonds is 10. The van der Waals surface area contributed by atoms with E-state index in [4.69, 9.17) is 50.0 Å². The standard InChI is InChI=1S/C29H32ClN5O4S.C18H11Cl2N3O2S.C11H22N2O2/c1-29(2,3)39-28(36)34-15-9-10-20(18-34)16-31-27-32-17-24(30)26(33-27)23-19-35(25-14-8-7-13-22(23)25)40(37,38)21-11-5-4-6-12-21;19-15-10-21-18(20)22-17(15)14-11-23(16-9-5-4-8-13(14)16)26(24,25)12-6-2-1-3-7-12;1-11(2,3)15-10(14)13-6-4-5-9(7-12)8-13/h4-8,11-14,17,19-20H,9-10,15-16,18H2,1-3H3,(H,31,32,33);1-11H;9H,4-8,12H2,1-3H3. The molecular formula is C58H65Cl3N10O8S2. The summed E-state index contributed by atoms with van der Waals surface area (Å²) in [6, 6.07) is 30.9. The maximum absolute atomic E-state index is 13.5. The number of amides is 2. The molecule has 2 fully saturated rings. The van der Waals surface area contributed by atoms with Crippen molar-refractivity contribution in [2.24, 2.45) is 17.6 Å². The van der Waals surface area contributed by atoms with E-state index in [0.29, 0.717) is 87.4 Å². The van der Waals surface area contributed by atoms with Gasteiger partial charge >= 0.3 is 12.2 Å². The van der Waals surface area contributed by atoms with Crippen LogP contribution in [0.3, 0.4) is 0 Å². The summed E-state index contributed by atoms with van der Waals surface area (Å²) in [5.41, 5.74) is 7.66. The molecule has 0 aliphatic carbocycles. The fraction of sp³-hybridized carbons (Fsp3) is 0.345. The number of benzene rings is 4. The Hall–Kier alpha value is -6.81. The van der Waals surface area contributed by atoms with Crippen molar-refractivity contribution in [3.8, 4) is 22.5 Å². The number of nitrogens with two attached hydrogens (primary N) is 1. The molecule has 81 heavy (non-hydrogen) atoms. The number of hydrogen-bond donors (Lipinski definition) is 2. The number of likely N-dealkylation sites (tertiary alicyclic amines) is 2. The molecule has 2 aliphatic rings. The summed E-state index contributed by atoms with van der Waals surface area (Å²) in [5.74, 6) is 1.00. The lowest BCUT2D eigenvalue weighted by Gasteiger charge is -2.34. The van der Waals surface area contributed by atoms with Crippen LogP contribution in [0.4, 0.5) is 15.5 Å². The molecule has 18 nitrogen and oxygen atoms in total. The van der Waals surface area contributed by atoms with E-state index in [1.807, 2.05) is 65.8 Å². The molecule has 23 heteroatoms. The topological polar surface area (TPSA) is 227 Å². The zero-order valence-electron chi connectivity index (χ0n) is 45.8. The third-order valence-corrected chi connectivity index (χ3v) is 17.3. The molecule has 10 rings (SSSR count). The Kier molecular flexibility index (Phi) is 19.0. The van der Waals surface area contributed by atoms with Crippen molar-refractivity contribution >= 4 is 94.8 Å². The van der Waals surface area contributed by atoms with E-state index >= 15 is 0 Å². The highest BCUT2D eigenvalue weighted by molar-refractivity contribution is 7.90. The number of ether oxygens (including phenoxy) is 2. The number of nitrogens with zero attached hydrogens (tertiary/aromatic N) is 8. The van der Waals surface area contributed by atoms with Gasteiger partial charge < -0.3 is 30.3 Å². The Morgan fingerprint density at radius 1 is 0.605 bits per heavy atom. The minimum Gasteiger partial charge on any atom is -0.444 e. The maximum atomic E-state index is 13.5. The zero-order valence-corrected chi connectivity index (χ0v) is 49.7. The van der Waals surface area contributed by atoms with Crippen molar-refractivity contribution in [1.29, 1.82) is 0 Å². The van der Waals surface area contributed by atoms with E-state index in [2.05, 4.69) is 25.3 Å². The molecule has 8 aromatic rings. The van der Waals surface area contributed by atoms with Gasteiger partial charge in [0.25, 0.3) is 20.0 Å². The van der Waals surface area contributed by atoms with E-state index in [9.17, 15) is 26.4 Å². The molecule has 2 saturated heterocycles. The fourth-order valence-electron chi connectivity index (χ4n) is 9.37. The first-order valence-corrected chi connectivity index (χ1v) is 30.4. The molecule has 2 atom stereocenters. The first kappa shape index (κ1) is 60.3. The number of fused-ring (bicyclic) bond motifs is 2. The number of hydrogen-bond acceptors (Lipinski definition) is 14. The second-order valence-electron chi connectivity index (χ2n) is 21.6. The zero-order chi connectivity index (χ0) is 58.3. The Bertz CT molecular complexity index is 3740. The highest BCUT2D eigenvalue weighted by Gasteiger charge is 2.30. The molecule has 0 bridgehead atoms. The van der Waals surface area contributed by atoms with Crippen LogP contribution in [-0.4, -0.2) is 117 Å². The molecule has 3 N–H and O–H groups in total. The molecule has 0 saturated carbocycles. The van der Waals surface area contributed by atoms with Crippen LogP contribution < -0.4 is 11.1 Å². The smallest absolute Gasteiger partial charge is 0.410 e. The molecule has 2 aliphatic heterocycles. The summed E-state index contributed by atoms with van der Waals surface area (Å²) in [4.78, 5) is 45.2. The second-order valence-corrected chi connectivity index (χ2v) is 26.3. The average molecular weight is 1200 g/mol. The van der Waals surface area contributed by atoms with E-state index < -0.39 is 31.2 Å². The quantitative estimate of drug-likeness (QED) is 0.121. The Morgan fingerprint density at radius 2 is 1.02 bits per heavy atom. The number of carbonyl (C=O) groups is 2. The summed E-state index contributed by atoms with van der Waals surface area (Å²) in [6.07, 6.45) is 9.46. The lowest BCUT2D eigenvalue weighted by atomic mass is 9.98. The highest BCUT2D eigenvalue weighted by Crippen LogP contribution is 2.38. The van der Waals surface area contributed by atoms with Gasteiger partial charge in [-0.3, -0.25) is 0 Å². The number of aromatic nitrogens is 6. The van der Waals surface area contributed by atoms with Gasteiger partial charge in [-0.15, -0.1) is 0 Å². The van der Waals surface area contributed by atoms with Crippen LogP contribution in [0.5, 0.6) is 0 Å². The predicted octanol–water partition coefficient (Wildman–Crippen LogP) is 12.3. The van der Waals surface area contributed by atoms with E-state index in [1.54, 1.807) is 101 Å². The first-order chi connectivity index (χ1) is 38.4. The summed E-state index contributed by atoms with van der Waals surface area (Å²) in [5, 5.41) is 5.31. The van der Waals surface area contributed by atoms with Crippen LogP contribution in [0.1, 0.15) is 67.2 Å². The van der Waals surface area contributed by atoms with Crippen LogP contribution in [0.2, 0.25) is 15.3 Å². The molecule has 2 amide bonds. The normalized spacial score (nSPS) is 16.0. The average Bonchev–Trinajstić information content (AvgIpc) is 4.26. The number of anilines is 1. The largest absolute Gasteiger partial charge is 0.444 e. The van der Waals surface area contributed by atoms with Crippen LogP contribution in [0.15, 0.2) is 144 Å². The number of nitrogens with one attached hydrogen (secondary N) is 1. The summed E-state index contributed by atoms with van der Waals surface area (Å²) < 4.78 is 66.6. The van der Waals surface area contributed by atoms with Gasteiger partial charge in [0.05, 0.1) is 54.7 Å². The van der Waals surface area contributed by atoms with Gasteiger partial charge in [-0.25, -0.2) is 54.3 Å². The Labute approximate surface area is 487 Å². The summed E-state index contributed by atoms with van der Waals surface area (Å²) in [7, 11) is -7.63. The van der Waals surface area contributed by atoms with Crippen molar-refractivity contribution in [1.82, 2.24) is 37.7 Å². The molecule has 2 unspecified atom stereocenters. The number of carbonyl (C=O) groups excluding carboxylic acids is 2. The molecule has 0 spiro atoms. The van der Waals surface area contributed by atoms with Crippen LogP contribution in [0.25, 0.3) is 44.3 Å². The van der Waals surface area contributed by atoms with Crippen LogP contribution >= 0.6 is 34.8 Å². The summed E-state index contributed by atoms with van der Waals surface area (Å²) >= 11 is 18.7. The van der Waals surface area contributed by atoms with Gasteiger partial charge in [0, 0.05) is 67.0 Å². The predicted molar refractivity (Wildman–Crippen MR) is 318 cm³/mol. The first-order valence-electron chi connectivity index (χ1n) is 26.4. The molecule has 6 heterocycles. The molecular weight excluding hydrogens is 1140 g/mol. The Morgan fingerprint density at radius 3 is 1.49 bits per heavy atom. The van der Waals surface area contributed by atoms with Gasteiger partial charge in [-0.2, -0.15) is 0 Å². The monoisotopic (exact) mass is 1200 g/mol. The van der Waals surface area contributed by atoms with Crippen molar-refractivity contribution < 1.29 is 35.9 Å². The summed E-state index contributed by atoms with van der Waals surface area (Å²) in [6.45, 7) is 15.2.